The van der Waals surface area contributed by atoms with Gasteiger partial charge in [-0.25, -0.2) is 0 Å². The van der Waals surface area contributed by atoms with Gasteiger partial charge < -0.3 is 0 Å². The highest BCUT2D eigenvalue weighted by atomic mass is 14.3. The van der Waals surface area contributed by atoms with Gasteiger partial charge >= 0.3 is 0 Å². The van der Waals surface area contributed by atoms with E-state index >= 15 is 0 Å². The van der Waals surface area contributed by atoms with Crippen molar-refractivity contribution in [2.24, 2.45) is 11.8 Å². The molecule has 0 heterocycles. The first kappa shape index (κ1) is 11.6. The van der Waals surface area contributed by atoms with Gasteiger partial charge in [0.1, 0.15) is 0 Å². The lowest BCUT2D eigenvalue weighted by molar-refractivity contribution is 0.350. The highest BCUT2D eigenvalue weighted by Crippen LogP contribution is 2.38. The summed E-state index contributed by atoms with van der Waals surface area (Å²) in [5.74, 6) is 1.60. The van der Waals surface area contributed by atoms with Crippen LogP contribution < -0.4 is 0 Å². The third-order valence-corrected chi connectivity index (χ3v) is 3.64. The molecule has 2 unspecified atom stereocenters. The van der Waals surface area contributed by atoms with E-state index in [0.717, 1.165) is 11.8 Å². The molecule has 0 nitrogen and oxygen atoms in total. The van der Waals surface area contributed by atoms with Gasteiger partial charge in [0, 0.05) is 0 Å². The Kier molecular flexibility index (Phi) is 4.44. The molecule has 0 spiro atoms. The number of rotatable bonds is 4. The van der Waals surface area contributed by atoms with Crippen LogP contribution in [0.4, 0.5) is 0 Å². The average molecular weight is 192 g/mol. The number of hydrogen-bond donors (Lipinski definition) is 0. The number of hydrogen-bond acceptors (Lipinski definition) is 0. The largest absolute Gasteiger partial charge is 0.103 e. The van der Waals surface area contributed by atoms with Crippen LogP contribution >= 0.6 is 0 Å². The molecule has 0 aliphatic heterocycles. The standard InChI is InChI=1S/C14H24/c1-5-8-14-10-13(7-3)12(6-2)9-11(14)4/h7,12-13H,3,5-6,8-10H2,1-2,4H3. The molecule has 0 N–H and O–H groups in total. The Bertz CT molecular complexity index is 222. The minimum Gasteiger partial charge on any atom is -0.103 e. The maximum absolute atomic E-state index is 3.98. The summed E-state index contributed by atoms with van der Waals surface area (Å²) in [6.45, 7) is 10.9. The quantitative estimate of drug-likeness (QED) is 0.565. The third-order valence-electron chi connectivity index (χ3n) is 3.64. The van der Waals surface area contributed by atoms with Crippen molar-refractivity contribution in [1.29, 1.82) is 0 Å². The van der Waals surface area contributed by atoms with Crippen molar-refractivity contribution >= 4 is 0 Å². The van der Waals surface area contributed by atoms with Crippen LogP contribution in [0.3, 0.4) is 0 Å². The fourth-order valence-corrected chi connectivity index (χ4v) is 2.65. The summed E-state index contributed by atoms with van der Waals surface area (Å²) in [4.78, 5) is 0. The Labute approximate surface area is 89.1 Å². The van der Waals surface area contributed by atoms with E-state index in [-0.39, 0.29) is 0 Å². The normalized spacial score (nSPS) is 27.9. The first-order chi connectivity index (χ1) is 6.72. The van der Waals surface area contributed by atoms with E-state index in [9.17, 15) is 0 Å². The summed E-state index contributed by atoms with van der Waals surface area (Å²) in [5, 5.41) is 0. The van der Waals surface area contributed by atoms with Crippen molar-refractivity contribution in [3.63, 3.8) is 0 Å². The maximum Gasteiger partial charge on any atom is -0.0168 e. The zero-order chi connectivity index (χ0) is 10.6. The predicted molar refractivity (Wildman–Crippen MR) is 64.3 cm³/mol. The van der Waals surface area contributed by atoms with Gasteiger partial charge in [-0.3, -0.25) is 0 Å². The highest BCUT2D eigenvalue weighted by Gasteiger charge is 2.24. The molecule has 0 heteroatoms. The minimum absolute atomic E-state index is 0.741. The van der Waals surface area contributed by atoms with Gasteiger partial charge in [-0.05, 0) is 38.0 Å². The zero-order valence-corrected chi connectivity index (χ0v) is 9.97. The molecule has 0 saturated carbocycles. The second kappa shape index (κ2) is 5.38. The summed E-state index contributed by atoms with van der Waals surface area (Å²) >= 11 is 0. The van der Waals surface area contributed by atoms with Gasteiger partial charge in [-0.2, -0.15) is 0 Å². The van der Waals surface area contributed by atoms with Crippen molar-refractivity contribution in [1.82, 2.24) is 0 Å². The summed E-state index contributed by atoms with van der Waals surface area (Å²) < 4.78 is 0. The summed E-state index contributed by atoms with van der Waals surface area (Å²) in [6.07, 6.45) is 8.65. The molecule has 1 aliphatic rings. The second-order valence-corrected chi connectivity index (χ2v) is 4.61. The van der Waals surface area contributed by atoms with Gasteiger partial charge in [-0.15, -0.1) is 6.58 Å². The lowest BCUT2D eigenvalue weighted by Crippen LogP contribution is -2.18. The van der Waals surface area contributed by atoms with Gasteiger partial charge in [-0.1, -0.05) is 43.9 Å². The lowest BCUT2D eigenvalue weighted by Gasteiger charge is -2.31. The number of allylic oxidation sites excluding steroid dienone is 3. The molecule has 2 atom stereocenters. The fourth-order valence-electron chi connectivity index (χ4n) is 2.65. The van der Waals surface area contributed by atoms with Crippen molar-refractivity contribution in [3.8, 4) is 0 Å². The predicted octanol–water partition coefficient (Wildman–Crippen LogP) is 4.73. The van der Waals surface area contributed by atoms with Gasteiger partial charge in [0.2, 0.25) is 0 Å². The van der Waals surface area contributed by atoms with Crippen LogP contribution in [-0.2, 0) is 0 Å². The van der Waals surface area contributed by atoms with E-state index in [4.69, 9.17) is 0 Å². The molecular weight excluding hydrogens is 168 g/mol. The van der Waals surface area contributed by atoms with Crippen LogP contribution in [0, 0.1) is 11.8 Å². The SMILES string of the molecule is C=CC1CC(CCC)=C(C)CC1CC. The van der Waals surface area contributed by atoms with E-state index in [0.29, 0.717) is 0 Å². The molecule has 0 aromatic heterocycles. The van der Waals surface area contributed by atoms with Crippen molar-refractivity contribution < 1.29 is 0 Å². The molecule has 0 fully saturated rings. The molecule has 1 aliphatic carbocycles. The smallest absolute Gasteiger partial charge is 0.0168 e. The van der Waals surface area contributed by atoms with Gasteiger partial charge in [0.25, 0.3) is 0 Å². The first-order valence-electron chi connectivity index (χ1n) is 6.02. The summed E-state index contributed by atoms with van der Waals surface area (Å²) in [5.41, 5.74) is 3.37. The zero-order valence-electron chi connectivity index (χ0n) is 9.97. The van der Waals surface area contributed by atoms with Crippen molar-refractivity contribution in [2.75, 3.05) is 0 Å². The van der Waals surface area contributed by atoms with E-state index in [1.807, 2.05) is 0 Å². The van der Waals surface area contributed by atoms with Crippen LogP contribution in [0.1, 0.15) is 52.9 Å². The van der Waals surface area contributed by atoms with E-state index in [1.54, 1.807) is 11.1 Å². The van der Waals surface area contributed by atoms with E-state index < -0.39 is 0 Å². The first-order valence-corrected chi connectivity index (χ1v) is 6.02. The van der Waals surface area contributed by atoms with Crippen molar-refractivity contribution in [2.45, 2.75) is 52.9 Å². The minimum atomic E-state index is 0.741. The Hall–Kier alpha value is -0.520. The van der Waals surface area contributed by atoms with Crippen LogP contribution in [-0.4, -0.2) is 0 Å². The van der Waals surface area contributed by atoms with Crippen LogP contribution in [0.25, 0.3) is 0 Å². The van der Waals surface area contributed by atoms with Crippen LogP contribution in [0.2, 0.25) is 0 Å². The Morgan fingerprint density at radius 3 is 2.57 bits per heavy atom. The molecule has 0 aromatic carbocycles. The van der Waals surface area contributed by atoms with Crippen LogP contribution in [0.15, 0.2) is 23.8 Å². The summed E-state index contributed by atoms with van der Waals surface area (Å²) in [6, 6.07) is 0. The van der Waals surface area contributed by atoms with E-state index in [2.05, 4.69) is 33.4 Å². The van der Waals surface area contributed by atoms with Crippen LogP contribution in [0.5, 0.6) is 0 Å². The molecule has 0 bridgehead atoms. The Morgan fingerprint density at radius 2 is 2.07 bits per heavy atom. The average Bonchev–Trinajstić information content (AvgIpc) is 2.20. The summed E-state index contributed by atoms with van der Waals surface area (Å²) in [7, 11) is 0. The molecule has 0 amide bonds. The molecule has 0 radical (unpaired) electrons. The molecule has 80 valence electrons. The monoisotopic (exact) mass is 192 g/mol. The third kappa shape index (κ3) is 2.50. The molecule has 0 saturated heterocycles. The van der Waals surface area contributed by atoms with Gasteiger partial charge in [0.15, 0.2) is 0 Å². The second-order valence-electron chi connectivity index (χ2n) is 4.61. The topological polar surface area (TPSA) is 0 Å². The Balaban J connectivity index is 2.74. The molecule has 14 heavy (non-hydrogen) atoms. The Morgan fingerprint density at radius 1 is 1.36 bits per heavy atom. The van der Waals surface area contributed by atoms with Gasteiger partial charge in [0.05, 0.1) is 0 Å². The molecule has 1 rings (SSSR count). The van der Waals surface area contributed by atoms with E-state index in [1.165, 1.54) is 32.1 Å². The lowest BCUT2D eigenvalue weighted by atomic mass is 9.74. The molecular formula is C14H24. The maximum atomic E-state index is 3.98. The highest BCUT2D eigenvalue weighted by molar-refractivity contribution is 5.19. The van der Waals surface area contributed by atoms with Crippen molar-refractivity contribution in [3.05, 3.63) is 23.8 Å². The molecule has 0 aromatic rings. The fraction of sp³-hybridized carbons (Fsp3) is 0.714.